The maximum absolute atomic E-state index is 15.6. The van der Waals surface area contributed by atoms with E-state index in [1.165, 1.54) is 19.4 Å². The maximum Gasteiger partial charge on any atom is 0.341 e. The molecule has 2 N–H and O–H groups in total. The summed E-state index contributed by atoms with van der Waals surface area (Å²) in [6.07, 6.45) is 5.30. The highest BCUT2D eigenvalue weighted by atomic mass is 19.1. The van der Waals surface area contributed by atoms with E-state index in [0.717, 1.165) is 32.2 Å². The molecule has 0 spiro atoms. The Kier molecular flexibility index (Phi) is 4.38. The molecule has 0 unspecified atom stereocenters. The summed E-state index contributed by atoms with van der Waals surface area (Å²) in [6.45, 7) is 6.68. The molecule has 1 saturated carbocycles. The van der Waals surface area contributed by atoms with Gasteiger partial charge in [-0.2, -0.15) is 0 Å². The van der Waals surface area contributed by atoms with Crippen LogP contribution in [0.15, 0.2) is 17.1 Å². The quantitative estimate of drug-likeness (QED) is 0.777. The largest absolute Gasteiger partial charge is 0.492 e. The number of methoxy groups -OCH3 is 1. The second kappa shape index (κ2) is 6.69. The first-order valence-electron chi connectivity index (χ1n) is 10.9. The maximum atomic E-state index is 15.6. The third-order valence-electron chi connectivity index (χ3n) is 7.69. The Balaban J connectivity index is 1.75. The summed E-state index contributed by atoms with van der Waals surface area (Å²) < 4.78 is 23.1. The van der Waals surface area contributed by atoms with Crippen LogP contribution in [-0.2, 0) is 0 Å². The summed E-state index contributed by atoms with van der Waals surface area (Å²) in [5.41, 5.74) is -0.356. The molecule has 7 nitrogen and oxygen atoms in total. The number of hydrogen-bond acceptors (Lipinski definition) is 5. The highest BCUT2D eigenvalue weighted by Gasteiger charge is 2.53. The molecule has 8 heteroatoms. The number of halogens is 1. The zero-order valence-corrected chi connectivity index (χ0v) is 18.1. The summed E-state index contributed by atoms with van der Waals surface area (Å²) in [4.78, 5) is 26.5. The van der Waals surface area contributed by atoms with Crippen molar-refractivity contribution in [2.75, 3.05) is 31.6 Å². The molecular weight excluding hydrogens is 401 g/mol. The molecule has 3 heterocycles. The molecule has 1 aromatic heterocycles. The number of rotatable bonds is 4. The van der Waals surface area contributed by atoms with Crippen LogP contribution in [0.5, 0.6) is 5.75 Å². The fourth-order valence-electron chi connectivity index (χ4n) is 5.57. The molecule has 2 aliphatic heterocycles. The van der Waals surface area contributed by atoms with E-state index in [2.05, 4.69) is 19.2 Å². The first-order valence-corrected chi connectivity index (χ1v) is 10.9. The standard InChI is InChI=1S/C23H28FN3O4/c1-22-7-4-8-25-23(22,2)12-26(11-22)18-16(24)9-14-17(20(18)31-3)27(13-5-6-13)10-15(19(14)28)21(29)30/h9-10,13,25H,4-8,11-12H2,1-3H3,(H,29,30)/t22-,23+/m0/s1. The van der Waals surface area contributed by atoms with Gasteiger partial charge in [-0.25, -0.2) is 9.18 Å². The number of nitrogens with zero attached hydrogens (tertiary/aromatic N) is 2. The minimum absolute atomic E-state index is 0.0129. The van der Waals surface area contributed by atoms with Crippen molar-refractivity contribution in [2.45, 2.75) is 51.1 Å². The van der Waals surface area contributed by atoms with Crippen molar-refractivity contribution in [1.29, 1.82) is 0 Å². The average Bonchev–Trinajstić information content (AvgIpc) is 3.50. The van der Waals surface area contributed by atoms with Crippen LogP contribution in [0.25, 0.3) is 10.9 Å². The molecule has 0 bridgehead atoms. The van der Waals surface area contributed by atoms with Crippen molar-refractivity contribution >= 4 is 22.6 Å². The first-order chi connectivity index (χ1) is 14.7. The summed E-state index contributed by atoms with van der Waals surface area (Å²) in [5, 5.41) is 13.2. The molecule has 3 aliphatic rings. The molecule has 0 amide bonds. The second-order valence-corrected chi connectivity index (χ2v) is 9.73. The molecule has 2 atom stereocenters. The van der Waals surface area contributed by atoms with Crippen LogP contribution in [0.1, 0.15) is 55.9 Å². The summed E-state index contributed by atoms with van der Waals surface area (Å²) >= 11 is 0. The summed E-state index contributed by atoms with van der Waals surface area (Å²) in [6, 6.07) is 1.28. The molecule has 1 aromatic carbocycles. The molecule has 166 valence electrons. The minimum atomic E-state index is -1.31. The van der Waals surface area contributed by atoms with Crippen LogP contribution in [0.4, 0.5) is 10.1 Å². The number of carbonyl (C=O) groups is 1. The van der Waals surface area contributed by atoms with Gasteiger partial charge in [-0.05, 0) is 45.2 Å². The molecule has 0 radical (unpaired) electrons. The van der Waals surface area contributed by atoms with E-state index in [0.29, 0.717) is 30.0 Å². The van der Waals surface area contributed by atoms with Crippen molar-refractivity contribution in [1.82, 2.24) is 9.88 Å². The highest BCUT2D eigenvalue weighted by molar-refractivity contribution is 5.97. The lowest BCUT2D eigenvalue weighted by Crippen LogP contribution is -2.58. The van der Waals surface area contributed by atoms with E-state index in [4.69, 9.17) is 4.74 Å². The topological polar surface area (TPSA) is 83.8 Å². The number of carboxylic acids is 1. The fraction of sp³-hybridized carbons (Fsp3) is 0.565. The van der Waals surface area contributed by atoms with Gasteiger partial charge in [0.05, 0.1) is 18.0 Å². The number of piperidine rings is 1. The predicted molar refractivity (Wildman–Crippen MR) is 116 cm³/mol. The number of aromatic carboxylic acids is 1. The third kappa shape index (κ3) is 2.87. The van der Waals surface area contributed by atoms with Crippen LogP contribution in [0.3, 0.4) is 0 Å². The van der Waals surface area contributed by atoms with Crippen LogP contribution in [0.2, 0.25) is 0 Å². The van der Waals surface area contributed by atoms with Crippen molar-refractivity contribution in [3.63, 3.8) is 0 Å². The summed E-state index contributed by atoms with van der Waals surface area (Å²) in [7, 11) is 1.48. The van der Waals surface area contributed by atoms with Gasteiger partial charge < -0.3 is 24.6 Å². The van der Waals surface area contributed by atoms with Gasteiger partial charge in [0.2, 0.25) is 5.43 Å². The van der Waals surface area contributed by atoms with Gasteiger partial charge in [0.25, 0.3) is 0 Å². The van der Waals surface area contributed by atoms with E-state index in [1.807, 2.05) is 4.90 Å². The SMILES string of the molecule is COc1c(N2C[C@]3(C)CCCN[C@]3(C)C2)c(F)cc2c(=O)c(C(=O)O)cn(C3CC3)c12. The van der Waals surface area contributed by atoms with Gasteiger partial charge in [0.1, 0.15) is 11.3 Å². The number of benzene rings is 1. The molecule has 5 rings (SSSR count). The number of carboxylic acid groups (broad SMARTS) is 1. The first kappa shape index (κ1) is 20.3. The van der Waals surface area contributed by atoms with Gasteiger partial charge in [0, 0.05) is 36.3 Å². The zero-order valence-electron chi connectivity index (χ0n) is 18.1. The van der Waals surface area contributed by atoms with Gasteiger partial charge in [-0.15, -0.1) is 0 Å². The Morgan fingerprint density at radius 3 is 2.68 bits per heavy atom. The molecular formula is C23H28FN3O4. The molecule has 2 saturated heterocycles. The average molecular weight is 429 g/mol. The van der Waals surface area contributed by atoms with Crippen molar-refractivity contribution in [2.24, 2.45) is 5.41 Å². The number of nitrogens with one attached hydrogen (secondary N) is 1. The van der Waals surface area contributed by atoms with Crippen LogP contribution < -0.4 is 20.4 Å². The second-order valence-electron chi connectivity index (χ2n) is 9.73. The Morgan fingerprint density at radius 1 is 1.32 bits per heavy atom. The smallest absolute Gasteiger partial charge is 0.341 e. The normalized spacial score (nSPS) is 28.1. The van der Waals surface area contributed by atoms with Gasteiger partial charge in [-0.3, -0.25) is 4.79 Å². The van der Waals surface area contributed by atoms with Crippen LogP contribution >= 0.6 is 0 Å². The summed E-state index contributed by atoms with van der Waals surface area (Å²) in [5.74, 6) is -1.56. The van der Waals surface area contributed by atoms with E-state index in [1.54, 1.807) is 4.57 Å². The lowest BCUT2D eigenvalue weighted by atomic mass is 9.69. The highest BCUT2D eigenvalue weighted by Crippen LogP contribution is 2.50. The molecule has 3 fully saturated rings. The molecule has 2 aromatic rings. The van der Waals surface area contributed by atoms with Crippen molar-refractivity contribution < 1.29 is 19.0 Å². The Hall–Kier alpha value is -2.61. The van der Waals surface area contributed by atoms with Crippen LogP contribution in [-0.4, -0.2) is 47.9 Å². The molecule has 31 heavy (non-hydrogen) atoms. The number of hydrogen-bond donors (Lipinski definition) is 2. The minimum Gasteiger partial charge on any atom is -0.492 e. The lowest BCUT2D eigenvalue weighted by Gasteiger charge is -2.44. The third-order valence-corrected chi connectivity index (χ3v) is 7.69. The Bertz CT molecular complexity index is 1140. The number of pyridine rings is 1. The zero-order chi connectivity index (χ0) is 22.1. The van der Waals surface area contributed by atoms with Gasteiger partial charge in [-0.1, -0.05) is 6.92 Å². The number of anilines is 1. The van der Waals surface area contributed by atoms with Crippen LogP contribution in [0, 0.1) is 11.2 Å². The van der Waals surface area contributed by atoms with Crippen molar-refractivity contribution in [3.05, 3.63) is 33.9 Å². The van der Waals surface area contributed by atoms with Crippen molar-refractivity contribution in [3.8, 4) is 5.75 Å². The van der Waals surface area contributed by atoms with E-state index >= 15 is 4.39 Å². The van der Waals surface area contributed by atoms with Gasteiger partial charge >= 0.3 is 5.97 Å². The van der Waals surface area contributed by atoms with E-state index < -0.39 is 17.2 Å². The monoisotopic (exact) mass is 429 g/mol. The Morgan fingerprint density at radius 2 is 2.06 bits per heavy atom. The number of aromatic nitrogens is 1. The Labute approximate surface area is 179 Å². The predicted octanol–water partition coefficient (Wildman–Crippen LogP) is 3.15. The van der Waals surface area contributed by atoms with Gasteiger partial charge in [0.15, 0.2) is 11.6 Å². The number of ether oxygens (including phenoxy) is 1. The van der Waals surface area contributed by atoms with E-state index in [-0.39, 0.29) is 27.9 Å². The fourth-order valence-corrected chi connectivity index (χ4v) is 5.57. The molecule has 1 aliphatic carbocycles. The number of fused-ring (bicyclic) bond motifs is 2. The lowest BCUT2D eigenvalue weighted by molar-refractivity contribution is 0.0695. The van der Waals surface area contributed by atoms with E-state index in [9.17, 15) is 14.7 Å².